The Kier molecular flexibility index (Phi) is 3.61. The maximum atomic E-state index is 11.4. The fourth-order valence-electron chi connectivity index (χ4n) is 3.24. The molecule has 0 saturated heterocycles. The van der Waals surface area contributed by atoms with Gasteiger partial charge in [0.15, 0.2) is 0 Å². The molecule has 1 unspecified atom stereocenters. The quantitative estimate of drug-likeness (QED) is 0.581. The van der Waals surface area contributed by atoms with Gasteiger partial charge in [0.1, 0.15) is 5.78 Å². The maximum absolute atomic E-state index is 11.4. The molecule has 1 nitrogen and oxygen atoms in total. The van der Waals surface area contributed by atoms with Crippen LogP contribution in [0.1, 0.15) is 64.2 Å². The molecule has 2 fully saturated rings. The Balaban J connectivity index is 1.88. The Labute approximate surface area is 87.3 Å². The molecule has 0 heterocycles. The van der Waals surface area contributed by atoms with E-state index in [4.69, 9.17) is 0 Å². The molecule has 2 aliphatic carbocycles. The van der Waals surface area contributed by atoms with E-state index in [1.807, 2.05) is 0 Å². The molecule has 0 aromatic heterocycles. The highest BCUT2D eigenvalue weighted by Gasteiger charge is 2.27. The maximum Gasteiger partial charge on any atom is 0.133 e. The van der Waals surface area contributed by atoms with Gasteiger partial charge in [0.2, 0.25) is 0 Å². The molecule has 0 spiro atoms. The lowest BCUT2D eigenvalue weighted by atomic mass is 9.76. The molecule has 2 rings (SSSR count). The minimum absolute atomic E-state index is 0.533. The largest absolute Gasteiger partial charge is 0.300 e. The number of hydrogen-bond acceptors (Lipinski definition) is 1. The molecule has 0 bridgehead atoms. The van der Waals surface area contributed by atoms with Crippen molar-refractivity contribution in [1.29, 1.82) is 0 Å². The Bertz CT molecular complexity index is 189. The lowest BCUT2D eigenvalue weighted by Crippen LogP contribution is -2.22. The van der Waals surface area contributed by atoms with Gasteiger partial charge in [-0.25, -0.2) is 0 Å². The van der Waals surface area contributed by atoms with Gasteiger partial charge in [0.25, 0.3) is 0 Å². The van der Waals surface area contributed by atoms with Gasteiger partial charge in [-0.2, -0.15) is 0 Å². The number of rotatable bonds is 1. The van der Waals surface area contributed by atoms with Crippen LogP contribution in [0.15, 0.2) is 0 Å². The molecule has 0 aliphatic heterocycles. The Morgan fingerprint density at radius 3 is 2.07 bits per heavy atom. The lowest BCUT2D eigenvalue weighted by Gasteiger charge is -2.28. The van der Waals surface area contributed by atoms with Gasteiger partial charge in [-0.3, -0.25) is 4.79 Å². The Morgan fingerprint density at radius 1 is 0.786 bits per heavy atom. The summed E-state index contributed by atoms with van der Waals surface area (Å²) in [5, 5.41) is 0. The molecule has 1 heteroatoms. The molecule has 0 aromatic carbocycles. The SMILES string of the molecule is O=C1CCCC(C2CCCCCC2)C1. The fourth-order valence-corrected chi connectivity index (χ4v) is 3.24. The van der Waals surface area contributed by atoms with Crippen LogP contribution in [0.4, 0.5) is 0 Å². The van der Waals surface area contributed by atoms with Crippen molar-refractivity contribution in [2.75, 3.05) is 0 Å². The summed E-state index contributed by atoms with van der Waals surface area (Å²) in [6.07, 6.45) is 12.7. The molecule has 2 aliphatic rings. The van der Waals surface area contributed by atoms with Crippen molar-refractivity contribution in [2.45, 2.75) is 64.2 Å². The minimum Gasteiger partial charge on any atom is -0.300 e. The van der Waals surface area contributed by atoms with Crippen molar-refractivity contribution in [2.24, 2.45) is 11.8 Å². The Morgan fingerprint density at radius 2 is 1.43 bits per heavy atom. The summed E-state index contributed by atoms with van der Waals surface area (Å²) in [6.45, 7) is 0. The number of carbonyl (C=O) groups is 1. The van der Waals surface area contributed by atoms with Crippen LogP contribution in [0.2, 0.25) is 0 Å². The molecule has 1 atom stereocenters. The van der Waals surface area contributed by atoms with E-state index in [0.29, 0.717) is 5.78 Å². The van der Waals surface area contributed by atoms with E-state index in [-0.39, 0.29) is 0 Å². The zero-order chi connectivity index (χ0) is 9.80. The minimum atomic E-state index is 0.533. The molecule has 14 heavy (non-hydrogen) atoms. The summed E-state index contributed by atoms with van der Waals surface area (Å²) in [7, 11) is 0. The summed E-state index contributed by atoms with van der Waals surface area (Å²) in [5.41, 5.74) is 0. The highest BCUT2D eigenvalue weighted by molar-refractivity contribution is 5.79. The van der Waals surface area contributed by atoms with Crippen molar-refractivity contribution >= 4 is 5.78 Å². The second-order valence-electron chi connectivity index (χ2n) is 5.15. The summed E-state index contributed by atoms with van der Waals surface area (Å²) in [4.78, 5) is 11.4. The van der Waals surface area contributed by atoms with Crippen LogP contribution in [0.25, 0.3) is 0 Å². The first-order valence-corrected chi connectivity index (χ1v) is 6.38. The predicted octanol–water partition coefficient (Wildman–Crippen LogP) is 3.72. The second kappa shape index (κ2) is 4.95. The molecule has 0 amide bonds. The zero-order valence-corrected chi connectivity index (χ0v) is 9.13. The third-order valence-corrected chi connectivity index (χ3v) is 4.09. The summed E-state index contributed by atoms with van der Waals surface area (Å²) >= 11 is 0. The topological polar surface area (TPSA) is 17.1 Å². The average molecular weight is 194 g/mol. The van der Waals surface area contributed by atoms with E-state index >= 15 is 0 Å². The normalized spacial score (nSPS) is 31.4. The van der Waals surface area contributed by atoms with Crippen LogP contribution in [0.5, 0.6) is 0 Å². The van der Waals surface area contributed by atoms with Crippen LogP contribution < -0.4 is 0 Å². The van der Waals surface area contributed by atoms with E-state index < -0.39 is 0 Å². The van der Waals surface area contributed by atoms with Gasteiger partial charge in [-0.05, 0) is 24.7 Å². The Hall–Kier alpha value is -0.330. The van der Waals surface area contributed by atoms with E-state index in [0.717, 1.165) is 24.7 Å². The molecule has 2 saturated carbocycles. The van der Waals surface area contributed by atoms with Crippen LogP contribution in [0.3, 0.4) is 0 Å². The van der Waals surface area contributed by atoms with Gasteiger partial charge in [0, 0.05) is 12.8 Å². The monoisotopic (exact) mass is 194 g/mol. The van der Waals surface area contributed by atoms with Crippen molar-refractivity contribution in [3.05, 3.63) is 0 Å². The van der Waals surface area contributed by atoms with E-state index in [1.54, 1.807) is 0 Å². The van der Waals surface area contributed by atoms with E-state index in [2.05, 4.69) is 0 Å². The van der Waals surface area contributed by atoms with Crippen molar-refractivity contribution in [3.8, 4) is 0 Å². The molecular formula is C13H22O. The van der Waals surface area contributed by atoms with Crippen molar-refractivity contribution in [3.63, 3.8) is 0 Å². The van der Waals surface area contributed by atoms with Gasteiger partial charge in [-0.15, -0.1) is 0 Å². The molecule has 0 N–H and O–H groups in total. The van der Waals surface area contributed by atoms with Crippen LogP contribution in [-0.4, -0.2) is 5.78 Å². The van der Waals surface area contributed by atoms with E-state index in [1.165, 1.54) is 51.4 Å². The predicted molar refractivity (Wildman–Crippen MR) is 58.2 cm³/mol. The average Bonchev–Trinajstić information content (AvgIpc) is 2.45. The number of hydrogen-bond donors (Lipinski definition) is 0. The number of ketones is 1. The first kappa shape index (κ1) is 10.2. The molecule has 0 radical (unpaired) electrons. The van der Waals surface area contributed by atoms with Crippen LogP contribution in [0, 0.1) is 11.8 Å². The smallest absolute Gasteiger partial charge is 0.133 e. The lowest BCUT2D eigenvalue weighted by molar-refractivity contribution is -0.122. The fraction of sp³-hybridized carbons (Fsp3) is 0.923. The summed E-state index contributed by atoms with van der Waals surface area (Å²) in [6, 6.07) is 0. The highest BCUT2D eigenvalue weighted by atomic mass is 16.1. The number of carbonyl (C=O) groups excluding carboxylic acids is 1. The highest BCUT2D eigenvalue weighted by Crippen LogP contribution is 2.36. The van der Waals surface area contributed by atoms with Gasteiger partial charge >= 0.3 is 0 Å². The van der Waals surface area contributed by atoms with Gasteiger partial charge in [0.05, 0.1) is 0 Å². The second-order valence-corrected chi connectivity index (χ2v) is 5.15. The van der Waals surface area contributed by atoms with E-state index in [9.17, 15) is 4.79 Å². The molecular weight excluding hydrogens is 172 g/mol. The third kappa shape index (κ3) is 2.59. The van der Waals surface area contributed by atoms with Crippen molar-refractivity contribution in [1.82, 2.24) is 0 Å². The van der Waals surface area contributed by atoms with Gasteiger partial charge < -0.3 is 0 Å². The zero-order valence-electron chi connectivity index (χ0n) is 9.13. The van der Waals surface area contributed by atoms with Crippen molar-refractivity contribution < 1.29 is 4.79 Å². The first-order valence-electron chi connectivity index (χ1n) is 6.38. The standard InChI is InChI=1S/C13H22O/c14-13-9-5-8-12(10-13)11-6-3-1-2-4-7-11/h11-12H,1-10H2. The number of Topliss-reactive ketones (excluding diaryl/α,β-unsaturated/α-hetero) is 1. The molecule has 0 aromatic rings. The first-order chi connectivity index (χ1) is 6.86. The van der Waals surface area contributed by atoms with Crippen LogP contribution in [-0.2, 0) is 4.79 Å². The van der Waals surface area contributed by atoms with Crippen LogP contribution >= 0.6 is 0 Å². The summed E-state index contributed by atoms with van der Waals surface area (Å²) < 4.78 is 0. The van der Waals surface area contributed by atoms with Gasteiger partial charge in [-0.1, -0.05) is 38.5 Å². The summed E-state index contributed by atoms with van der Waals surface area (Å²) in [5.74, 6) is 2.18. The molecule has 80 valence electrons. The third-order valence-electron chi connectivity index (χ3n) is 4.09.